The van der Waals surface area contributed by atoms with Gasteiger partial charge in [-0.05, 0) is 63.8 Å². The zero-order valence-corrected chi connectivity index (χ0v) is 13.5. The Hall–Kier alpha value is -1.55. The molecule has 1 aromatic rings. The molecular formula is C17H27N3O. The minimum absolute atomic E-state index is 0.0464. The van der Waals surface area contributed by atoms with E-state index in [1.807, 2.05) is 32.0 Å². The van der Waals surface area contributed by atoms with Gasteiger partial charge >= 0.3 is 0 Å². The minimum atomic E-state index is -0.117. The van der Waals surface area contributed by atoms with Crippen LogP contribution in [0.15, 0.2) is 18.2 Å². The first-order chi connectivity index (χ1) is 9.88. The SMILES string of the molecule is Cc1ccc(N)cc1NC(=O)C(C)N1CCC(C)CC1C. The van der Waals surface area contributed by atoms with Gasteiger partial charge in [0, 0.05) is 17.4 Å². The molecule has 116 valence electrons. The average molecular weight is 289 g/mol. The minimum Gasteiger partial charge on any atom is -0.399 e. The fraction of sp³-hybridized carbons (Fsp3) is 0.588. The number of hydrogen-bond acceptors (Lipinski definition) is 3. The first-order valence-corrected chi connectivity index (χ1v) is 7.81. The maximum Gasteiger partial charge on any atom is 0.241 e. The van der Waals surface area contributed by atoms with Crippen molar-refractivity contribution in [2.24, 2.45) is 5.92 Å². The van der Waals surface area contributed by atoms with Crippen molar-refractivity contribution in [1.29, 1.82) is 0 Å². The highest BCUT2D eigenvalue weighted by molar-refractivity contribution is 5.95. The van der Waals surface area contributed by atoms with Crippen LogP contribution in [0.1, 0.15) is 39.2 Å². The standard InChI is InChI=1S/C17H27N3O/c1-11-7-8-20(13(3)9-11)14(4)17(21)19-16-10-15(18)6-5-12(16)2/h5-6,10-11,13-14H,7-9,18H2,1-4H3,(H,19,21). The van der Waals surface area contributed by atoms with Gasteiger partial charge in [0.25, 0.3) is 0 Å². The molecule has 0 aromatic heterocycles. The van der Waals surface area contributed by atoms with Crippen molar-refractivity contribution in [1.82, 2.24) is 4.90 Å². The molecule has 1 aliphatic heterocycles. The number of hydrogen-bond donors (Lipinski definition) is 2. The van der Waals surface area contributed by atoms with E-state index >= 15 is 0 Å². The van der Waals surface area contributed by atoms with Crippen molar-refractivity contribution in [2.75, 3.05) is 17.6 Å². The third kappa shape index (κ3) is 3.76. The van der Waals surface area contributed by atoms with Gasteiger partial charge in [-0.15, -0.1) is 0 Å². The Morgan fingerprint density at radius 3 is 2.81 bits per heavy atom. The van der Waals surface area contributed by atoms with Crippen LogP contribution in [0.2, 0.25) is 0 Å². The van der Waals surface area contributed by atoms with Crippen LogP contribution in [-0.4, -0.2) is 29.4 Å². The van der Waals surface area contributed by atoms with Crippen molar-refractivity contribution in [2.45, 2.75) is 52.6 Å². The first kappa shape index (κ1) is 15.8. The normalized spacial score (nSPS) is 24.6. The monoisotopic (exact) mass is 289 g/mol. The Balaban J connectivity index is 2.04. The Bertz CT molecular complexity index is 515. The van der Waals surface area contributed by atoms with Crippen LogP contribution in [0.25, 0.3) is 0 Å². The number of nitrogen functional groups attached to an aromatic ring is 1. The molecule has 0 aliphatic carbocycles. The van der Waals surface area contributed by atoms with Crippen molar-refractivity contribution in [3.05, 3.63) is 23.8 Å². The second-order valence-corrected chi connectivity index (χ2v) is 6.46. The maximum absolute atomic E-state index is 12.5. The van der Waals surface area contributed by atoms with E-state index in [0.717, 1.165) is 30.1 Å². The zero-order chi connectivity index (χ0) is 15.6. The Labute approximate surface area is 127 Å². The molecule has 0 spiro atoms. The molecule has 21 heavy (non-hydrogen) atoms. The van der Waals surface area contributed by atoms with E-state index in [9.17, 15) is 4.79 Å². The van der Waals surface area contributed by atoms with Gasteiger partial charge < -0.3 is 11.1 Å². The van der Waals surface area contributed by atoms with Crippen molar-refractivity contribution in [3.8, 4) is 0 Å². The molecule has 4 heteroatoms. The molecule has 3 N–H and O–H groups in total. The number of nitrogens with one attached hydrogen (secondary N) is 1. The number of nitrogens with two attached hydrogens (primary N) is 1. The van der Waals surface area contributed by atoms with E-state index in [4.69, 9.17) is 5.73 Å². The van der Waals surface area contributed by atoms with Gasteiger partial charge in [0.15, 0.2) is 0 Å². The summed E-state index contributed by atoms with van der Waals surface area (Å²) in [4.78, 5) is 14.8. The van der Waals surface area contributed by atoms with Gasteiger partial charge in [-0.1, -0.05) is 13.0 Å². The maximum atomic E-state index is 12.5. The molecule has 1 fully saturated rings. The Morgan fingerprint density at radius 2 is 2.14 bits per heavy atom. The summed E-state index contributed by atoms with van der Waals surface area (Å²) in [6.45, 7) is 9.46. The van der Waals surface area contributed by atoms with Gasteiger partial charge in [-0.3, -0.25) is 9.69 Å². The predicted octanol–water partition coefficient (Wildman–Crippen LogP) is 3.02. The van der Waals surface area contributed by atoms with Crippen LogP contribution in [0.5, 0.6) is 0 Å². The van der Waals surface area contributed by atoms with Crippen LogP contribution < -0.4 is 11.1 Å². The van der Waals surface area contributed by atoms with E-state index < -0.39 is 0 Å². The number of piperidine rings is 1. The van der Waals surface area contributed by atoms with Gasteiger partial charge in [-0.2, -0.15) is 0 Å². The summed E-state index contributed by atoms with van der Waals surface area (Å²) >= 11 is 0. The Kier molecular flexibility index (Phi) is 4.88. The summed E-state index contributed by atoms with van der Waals surface area (Å²) in [7, 11) is 0. The third-order valence-electron chi connectivity index (χ3n) is 4.59. The topological polar surface area (TPSA) is 58.4 Å². The first-order valence-electron chi connectivity index (χ1n) is 7.81. The summed E-state index contributed by atoms with van der Waals surface area (Å²) in [6, 6.07) is 5.94. The lowest BCUT2D eigenvalue weighted by molar-refractivity contribution is -0.122. The number of carbonyl (C=O) groups excluding carboxylic acids is 1. The highest BCUT2D eigenvalue weighted by atomic mass is 16.2. The van der Waals surface area contributed by atoms with Gasteiger partial charge in [0.2, 0.25) is 5.91 Å². The summed E-state index contributed by atoms with van der Waals surface area (Å²) in [5.41, 5.74) is 8.31. The number of nitrogens with zero attached hydrogens (tertiary/aromatic N) is 1. The fourth-order valence-corrected chi connectivity index (χ4v) is 3.16. The van der Waals surface area contributed by atoms with Gasteiger partial charge in [-0.25, -0.2) is 0 Å². The summed E-state index contributed by atoms with van der Waals surface area (Å²) in [5.74, 6) is 0.799. The molecule has 1 aromatic carbocycles. The average Bonchev–Trinajstić information content (AvgIpc) is 2.42. The lowest BCUT2D eigenvalue weighted by atomic mass is 9.92. The largest absolute Gasteiger partial charge is 0.399 e. The Morgan fingerprint density at radius 1 is 1.43 bits per heavy atom. The summed E-state index contributed by atoms with van der Waals surface area (Å²) in [5, 5.41) is 3.02. The quantitative estimate of drug-likeness (QED) is 0.841. The molecule has 3 unspecified atom stereocenters. The smallest absolute Gasteiger partial charge is 0.241 e. The molecule has 1 aliphatic rings. The van der Waals surface area contributed by atoms with Gasteiger partial charge in [0.1, 0.15) is 0 Å². The highest BCUT2D eigenvalue weighted by Crippen LogP contribution is 2.25. The zero-order valence-electron chi connectivity index (χ0n) is 13.5. The molecule has 4 nitrogen and oxygen atoms in total. The number of likely N-dealkylation sites (tertiary alicyclic amines) is 1. The summed E-state index contributed by atoms with van der Waals surface area (Å²) < 4.78 is 0. The molecule has 2 rings (SSSR count). The molecule has 3 atom stereocenters. The molecule has 1 saturated heterocycles. The highest BCUT2D eigenvalue weighted by Gasteiger charge is 2.30. The molecule has 0 saturated carbocycles. The number of aryl methyl sites for hydroxylation is 1. The van der Waals surface area contributed by atoms with E-state index in [1.54, 1.807) is 0 Å². The number of carbonyl (C=O) groups is 1. The number of anilines is 2. The predicted molar refractivity (Wildman–Crippen MR) is 88.2 cm³/mol. The number of amides is 1. The molecule has 1 amide bonds. The molecule has 0 radical (unpaired) electrons. The van der Waals surface area contributed by atoms with E-state index in [2.05, 4.69) is 24.1 Å². The van der Waals surface area contributed by atoms with E-state index in [0.29, 0.717) is 11.7 Å². The molecule has 0 bridgehead atoms. The lowest BCUT2D eigenvalue weighted by Crippen LogP contribution is -2.50. The van der Waals surface area contributed by atoms with Crippen LogP contribution >= 0.6 is 0 Å². The summed E-state index contributed by atoms with van der Waals surface area (Å²) in [6.07, 6.45) is 2.33. The van der Waals surface area contributed by atoms with Crippen LogP contribution in [-0.2, 0) is 4.79 Å². The number of rotatable bonds is 3. The van der Waals surface area contributed by atoms with Gasteiger partial charge in [0.05, 0.1) is 6.04 Å². The van der Waals surface area contributed by atoms with Crippen molar-refractivity contribution < 1.29 is 4.79 Å². The van der Waals surface area contributed by atoms with E-state index in [-0.39, 0.29) is 11.9 Å². The molecular weight excluding hydrogens is 262 g/mol. The van der Waals surface area contributed by atoms with Crippen molar-refractivity contribution >= 4 is 17.3 Å². The third-order valence-corrected chi connectivity index (χ3v) is 4.59. The molecule has 1 heterocycles. The van der Waals surface area contributed by atoms with Crippen LogP contribution in [0, 0.1) is 12.8 Å². The second-order valence-electron chi connectivity index (χ2n) is 6.46. The van der Waals surface area contributed by atoms with Crippen molar-refractivity contribution in [3.63, 3.8) is 0 Å². The van der Waals surface area contributed by atoms with Crippen LogP contribution in [0.3, 0.4) is 0 Å². The van der Waals surface area contributed by atoms with E-state index in [1.165, 1.54) is 6.42 Å². The second kappa shape index (κ2) is 6.48. The fourth-order valence-electron chi connectivity index (χ4n) is 3.16. The number of benzene rings is 1. The van der Waals surface area contributed by atoms with Crippen LogP contribution in [0.4, 0.5) is 11.4 Å². The lowest BCUT2D eigenvalue weighted by Gasteiger charge is -2.39.